The van der Waals surface area contributed by atoms with Gasteiger partial charge in [-0.25, -0.2) is 0 Å². The molecule has 1 N–H and O–H groups in total. The first-order chi connectivity index (χ1) is 13.4. The van der Waals surface area contributed by atoms with Gasteiger partial charge >= 0.3 is 0 Å². The minimum Gasteiger partial charge on any atom is -0.507 e. The molecule has 0 radical (unpaired) electrons. The van der Waals surface area contributed by atoms with E-state index in [0.29, 0.717) is 14.3 Å². The molecule has 1 aliphatic heterocycles. The monoisotopic (exact) mass is 396 g/mol. The van der Waals surface area contributed by atoms with Gasteiger partial charge in [0.2, 0.25) is 0 Å². The lowest BCUT2D eigenvalue weighted by atomic mass is 9.93. The van der Waals surface area contributed by atoms with Gasteiger partial charge in [0.25, 0.3) is 0 Å². The van der Waals surface area contributed by atoms with Crippen molar-refractivity contribution in [2.24, 2.45) is 5.10 Å². The number of rotatable bonds is 6. The van der Waals surface area contributed by atoms with Gasteiger partial charge in [-0.3, -0.25) is 5.01 Å². The molecule has 0 amide bonds. The van der Waals surface area contributed by atoms with Crippen LogP contribution < -0.4 is 5.30 Å². The fourth-order valence-electron chi connectivity index (χ4n) is 3.88. The second kappa shape index (κ2) is 9.09. The smallest absolute Gasteiger partial charge is 0.122 e. The summed E-state index contributed by atoms with van der Waals surface area (Å²) in [6.45, 7) is 10.7. The van der Waals surface area contributed by atoms with E-state index in [1.54, 1.807) is 0 Å². The number of hydrogen-bond acceptors (Lipinski definition) is 3. The third-order valence-corrected chi connectivity index (χ3v) is 7.71. The number of piperidine rings is 1. The van der Waals surface area contributed by atoms with Crippen molar-refractivity contribution in [2.45, 2.75) is 58.5 Å². The minimum atomic E-state index is -0.101. The summed E-state index contributed by atoms with van der Waals surface area (Å²) >= 11 is 0. The number of nitrogens with zero attached hydrogens (tertiary/aromatic N) is 2. The molecule has 4 heteroatoms. The van der Waals surface area contributed by atoms with E-state index in [4.69, 9.17) is 5.10 Å². The topological polar surface area (TPSA) is 35.8 Å². The van der Waals surface area contributed by atoms with E-state index in [2.05, 4.69) is 62.2 Å². The number of phenols is 1. The summed E-state index contributed by atoms with van der Waals surface area (Å²) in [4.78, 5) is 0. The second-order valence-electron chi connectivity index (χ2n) is 8.13. The lowest BCUT2D eigenvalue weighted by Crippen LogP contribution is -2.25. The average Bonchev–Trinajstić information content (AvgIpc) is 2.70. The molecular formula is C24H33N2OP. The molecule has 2 aromatic rings. The molecule has 3 rings (SSSR count). The maximum atomic E-state index is 10.8. The maximum absolute atomic E-state index is 10.8. The quantitative estimate of drug-likeness (QED) is 0.520. The molecular weight excluding hydrogens is 363 g/mol. The van der Waals surface area contributed by atoms with Crippen LogP contribution in [0.25, 0.3) is 0 Å². The molecule has 0 aliphatic carbocycles. The predicted molar refractivity (Wildman–Crippen MR) is 123 cm³/mol. The number of benzene rings is 2. The lowest BCUT2D eigenvalue weighted by Gasteiger charge is -2.31. The minimum absolute atomic E-state index is 0.101. The van der Waals surface area contributed by atoms with Crippen LogP contribution >= 0.6 is 8.58 Å². The molecule has 150 valence electrons. The molecule has 2 atom stereocenters. The summed E-state index contributed by atoms with van der Waals surface area (Å²) in [7, 11) is 0.563. The van der Waals surface area contributed by atoms with Crippen LogP contribution in [0.1, 0.15) is 61.8 Å². The van der Waals surface area contributed by atoms with Crippen LogP contribution in [-0.4, -0.2) is 29.4 Å². The molecule has 0 spiro atoms. The number of hydrogen-bond donors (Lipinski definition) is 1. The maximum Gasteiger partial charge on any atom is 0.122 e. The van der Waals surface area contributed by atoms with Gasteiger partial charge in [0.1, 0.15) is 5.75 Å². The Bertz CT molecular complexity index is 842. The summed E-state index contributed by atoms with van der Waals surface area (Å²) in [5, 5.41) is 18.9. The van der Waals surface area contributed by atoms with Crippen molar-refractivity contribution in [1.29, 1.82) is 0 Å². The van der Waals surface area contributed by atoms with Gasteiger partial charge in [0.05, 0.1) is 6.21 Å². The fourth-order valence-corrected chi connectivity index (χ4v) is 5.45. The molecule has 2 unspecified atom stereocenters. The fraction of sp³-hybridized carbons (Fsp3) is 0.458. The van der Waals surface area contributed by atoms with E-state index in [9.17, 15) is 5.11 Å². The van der Waals surface area contributed by atoms with Crippen molar-refractivity contribution in [3.05, 3.63) is 58.7 Å². The third kappa shape index (κ3) is 4.75. The Morgan fingerprint density at radius 1 is 1.14 bits per heavy atom. The summed E-state index contributed by atoms with van der Waals surface area (Å²) < 4.78 is 0. The molecule has 0 saturated carbocycles. The highest BCUT2D eigenvalue weighted by Crippen LogP contribution is 2.48. The first-order valence-electron chi connectivity index (χ1n) is 10.4. The lowest BCUT2D eigenvalue weighted by molar-refractivity contribution is 0.240. The van der Waals surface area contributed by atoms with E-state index >= 15 is 0 Å². The Balaban J connectivity index is 1.90. The summed E-state index contributed by atoms with van der Waals surface area (Å²) in [5.74, 6) is 0.446. The number of aryl methyl sites for hydroxylation is 2. The zero-order valence-electron chi connectivity index (χ0n) is 17.6. The standard InChI is InChI=1S/C24H33N2OP/c1-5-24(4,21-16-18(2)15-19(3)23(21)27)28-22-12-8-7-11-20(22)17-25-26-13-9-6-10-14-26/h7-8,11-12,15-17,27-28H,5-6,9-10,13-14H2,1-4H3/b25-17+. The van der Waals surface area contributed by atoms with Gasteiger partial charge in [-0.2, -0.15) is 5.10 Å². The molecule has 1 fully saturated rings. The zero-order chi connectivity index (χ0) is 20.1. The first-order valence-corrected chi connectivity index (χ1v) is 11.4. The van der Waals surface area contributed by atoms with E-state index in [0.717, 1.165) is 30.6 Å². The van der Waals surface area contributed by atoms with Crippen LogP contribution in [-0.2, 0) is 5.16 Å². The molecule has 28 heavy (non-hydrogen) atoms. The van der Waals surface area contributed by atoms with Crippen LogP contribution in [0.4, 0.5) is 0 Å². The van der Waals surface area contributed by atoms with Crippen LogP contribution in [0, 0.1) is 13.8 Å². The largest absolute Gasteiger partial charge is 0.507 e. The highest BCUT2D eigenvalue weighted by Gasteiger charge is 2.29. The van der Waals surface area contributed by atoms with Gasteiger partial charge in [-0.1, -0.05) is 64.4 Å². The van der Waals surface area contributed by atoms with E-state index in [1.807, 2.05) is 13.1 Å². The van der Waals surface area contributed by atoms with Gasteiger partial charge < -0.3 is 5.11 Å². The van der Waals surface area contributed by atoms with Crippen molar-refractivity contribution in [3.8, 4) is 5.75 Å². The first kappa shape index (κ1) is 20.9. The summed E-state index contributed by atoms with van der Waals surface area (Å²) in [5.41, 5.74) is 4.41. The molecule has 1 aliphatic rings. The Kier molecular flexibility index (Phi) is 6.78. The van der Waals surface area contributed by atoms with Gasteiger partial charge in [0, 0.05) is 29.4 Å². The van der Waals surface area contributed by atoms with Crippen molar-refractivity contribution in [3.63, 3.8) is 0 Å². The van der Waals surface area contributed by atoms with Crippen LogP contribution in [0.5, 0.6) is 5.75 Å². The van der Waals surface area contributed by atoms with Crippen molar-refractivity contribution >= 4 is 20.1 Å². The highest BCUT2D eigenvalue weighted by atomic mass is 31.1. The highest BCUT2D eigenvalue weighted by molar-refractivity contribution is 7.48. The van der Waals surface area contributed by atoms with Crippen molar-refractivity contribution < 1.29 is 5.11 Å². The number of hydrazone groups is 1. The summed E-state index contributed by atoms with van der Waals surface area (Å²) in [6.07, 6.45) is 6.80. The predicted octanol–water partition coefficient (Wildman–Crippen LogP) is 5.46. The van der Waals surface area contributed by atoms with Crippen LogP contribution in [0.3, 0.4) is 0 Å². The Morgan fingerprint density at radius 2 is 1.86 bits per heavy atom. The molecule has 0 bridgehead atoms. The van der Waals surface area contributed by atoms with E-state index in [1.165, 1.54) is 35.7 Å². The SMILES string of the molecule is CCC(C)(Pc1ccccc1/C=N/N1CCCCC1)c1cc(C)cc(C)c1O. The number of phenolic OH excluding ortho intramolecular Hbond substituents is 1. The van der Waals surface area contributed by atoms with E-state index < -0.39 is 0 Å². The normalized spacial score (nSPS) is 17.5. The molecule has 1 heterocycles. The average molecular weight is 397 g/mol. The summed E-state index contributed by atoms with van der Waals surface area (Å²) in [6, 6.07) is 12.8. The van der Waals surface area contributed by atoms with E-state index in [-0.39, 0.29) is 5.16 Å². The Morgan fingerprint density at radius 3 is 2.57 bits per heavy atom. The van der Waals surface area contributed by atoms with Gasteiger partial charge in [0.15, 0.2) is 0 Å². The zero-order valence-corrected chi connectivity index (χ0v) is 18.6. The van der Waals surface area contributed by atoms with Gasteiger partial charge in [-0.15, -0.1) is 0 Å². The van der Waals surface area contributed by atoms with Crippen molar-refractivity contribution in [2.75, 3.05) is 13.1 Å². The molecule has 2 aromatic carbocycles. The molecule has 1 saturated heterocycles. The second-order valence-corrected chi connectivity index (χ2v) is 10.0. The Labute approximate surface area is 171 Å². The van der Waals surface area contributed by atoms with Crippen molar-refractivity contribution in [1.82, 2.24) is 5.01 Å². The van der Waals surface area contributed by atoms with Crippen LogP contribution in [0.15, 0.2) is 41.5 Å². The van der Waals surface area contributed by atoms with Gasteiger partial charge in [-0.05, 0) is 50.4 Å². The number of aromatic hydroxyl groups is 1. The molecule has 0 aromatic heterocycles. The molecule has 3 nitrogen and oxygen atoms in total. The third-order valence-electron chi connectivity index (χ3n) is 5.81. The van der Waals surface area contributed by atoms with Crippen LogP contribution in [0.2, 0.25) is 0 Å². The Hall–Kier alpha value is -1.86.